The molecule has 0 saturated carbocycles. The van der Waals surface area contributed by atoms with Crippen LogP contribution in [-0.4, -0.2) is 0 Å². The summed E-state index contributed by atoms with van der Waals surface area (Å²) in [5.74, 6) is 0. The largest absolute Gasteiger partial charge is 2.00 e. The van der Waals surface area contributed by atoms with Crippen molar-refractivity contribution >= 4 is 0 Å². The standard InChI is InChI=1S/2CN.Zn/c2*1-2;/q2*-1;+2/i2*1+1;. The van der Waals surface area contributed by atoms with Gasteiger partial charge in [0.2, 0.25) is 0 Å². The van der Waals surface area contributed by atoms with Crippen molar-refractivity contribution in [1.82, 2.24) is 0 Å². The summed E-state index contributed by atoms with van der Waals surface area (Å²) in [4.78, 5) is 0. The summed E-state index contributed by atoms with van der Waals surface area (Å²) in [6, 6.07) is 0. The molecule has 0 aromatic rings. The molecule has 0 rings (SSSR count). The van der Waals surface area contributed by atoms with Crippen molar-refractivity contribution in [2.24, 2.45) is 0 Å². The van der Waals surface area contributed by atoms with Gasteiger partial charge in [-0.25, -0.2) is 0 Å². The van der Waals surface area contributed by atoms with E-state index in [1.165, 1.54) is 0 Å². The first-order chi connectivity index (χ1) is 2.00. The van der Waals surface area contributed by atoms with Gasteiger partial charge in [0.15, 0.2) is 0 Å². The predicted molar refractivity (Wildman–Crippen MR) is 9.94 cm³/mol. The van der Waals surface area contributed by atoms with Crippen LogP contribution < -0.4 is 0 Å². The van der Waals surface area contributed by atoms with Crippen LogP contribution >= 0.6 is 0 Å². The Bertz CT molecular complexity index is 23.1. The summed E-state index contributed by atoms with van der Waals surface area (Å²) in [6.45, 7) is 9.50. The van der Waals surface area contributed by atoms with E-state index in [0.717, 1.165) is 0 Å². The van der Waals surface area contributed by atoms with Gasteiger partial charge in [0.25, 0.3) is 0 Å². The maximum Gasteiger partial charge on any atom is 2.00 e. The molecule has 0 aliphatic rings. The minimum Gasteiger partial charge on any atom is -0.512 e. The van der Waals surface area contributed by atoms with E-state index in [9.17, 15) is 0 Å². The minimum absolute atomic E-state index is 0. The van der Waals surface area contributed by atoms with Crippen LogP contribution in [0, 0.1) is 23.7 Å². The van der Waals surface area contributed by atoms with Gasteiger partial charge >= 0.3 is 19.5 Å². The van der Waals surface area contributed by atoms with Crippen LogP contribution in [0.4, 0.5) is 0 Å². The third kappa shape index (κ3) is 58.9. The summed E-state index contributed by atoms with van der Waals surface area (Å²) in [5, 5.41) is 12.5. The molecule has 0 unspecified atom stereocenters. The van der Waals surface area contributed by atoms with Crippen molar-refractivity contribution in [1.29, 1.82) is 10.5 Å². The molecule has 0 aliphatic carbocycles. The first-order valence-electron chi connectivity index (χ1n) is 0.447. The molecule has 0 fully saturated rings. The van der Waals surface area contributed by atoms with Gasteiger partial charge in [-0.05, 0) is 0 Å². The van der Waals surface area contributed by atoms with Crippen LogP contribution in [0.1, 0.15) is 0 Å². The van der Waals surface area contributed by atoms with E-state index in [4.69, 9.17) is 23.7 Å². The second-order valence-corrected chi connectivity index (χ2v) is 0. The molecule has 0 aliphatic heterocycles. The summed E-state index contributed by atoms with van der Waals surface area (Å²) < 4.78 is 0. The van der Waals surface area contributed by atoms with Crippen molar-refractivity contribution < 1.29 is 19.5 Å². The Labute approximate surface area is 43.8 Å². The third-order valence-electron chi connectivity index (χ3n) is 0. The zero-order valence-corrected chi connectivity index (χ0v) is 5.57. The summed E-state index contributed by atoms with van der Waals surface area (Å²) >= 11 is 0. The molecule has 0 radical (unpaired) electrons. The zero-order valence-electron chi connectivity index (χ0n) is 2.60. The Morgan fingerprint density at radius 2 is 0.800 bits per heavy atom. The first-order valence-corrected chi connectivity index (χ1v) is 0.447. The Morgan fingerprint density at radius 1 is 0.800 bits per heavy atom. The molecular weight excluding hydrogens is 119 g/mol. The van der Waals surface area contributed by atoms with Crippen molar-refractivity contribution in [3.8, 4) is 0 Å². The van der Waals surface area contributed by atoms with Crippen LogP contribution in [0.5, 0.6) is 0 Å². The van der Waals surface area contributed by atoms with Crippen molar-refractivity contribution in [2.75, 3.05) is 0 Å². The predicted octanol–water partition coefficient (Wildman–Crippen LogP) is 0.190. The van der Waals surface area contributed by atoms with E-state index in [1.54, 1.807) is 0 Å². The van der Waals surface area contributed by atoms with E-state index < -0.39 is 0 Å². The van der Waals surface area contributed by atoms with Crippen LogP contribution in [0.25, 0.3) is 0 Å². The molecule has 0 N–H and O–H groups in total. The van der Waals surface area contributed by atoms with Gasteiger partial charge in [0.05, 0.1) is 0 Å². The Kier molecular flexibility index (Phi) is 722. The maximum absolute atomic E-state index is 6.25. The van der Waals surface area contributed by atoms with Gasteiger partial charge in [0, 0.05) is 0 Å². The summed E-state index contributed by atoms with van der Waals surface area (Å²) in [7, 11) is 0. The molecule has 20 valence electrons. The van der Waals surface area contributed by atoms with Gasteiger partial charge in [-0.1, -0.05) is 0 Å². The molecule has 2 nitrogen and oxygen atoms in total. The number of nitrogens with zero attached hydrogens (tertiary/aromatic N) is 2. The van der Waals surface area contributed by atoms with Crippen LogP contribution in [-0.2, 0) is 19.5 Å². The number of hydrogen-bond acceptors (Lipinski definition) is 2. The van der Waals surface area contributed by atoms with Crippen molar-refractivity contribution in [3.05, 3.63) is 13.1 Å². The van der Waals surface area contributed by atoms with E-state index in [2.05, 4.69) is 0 Å². The fourth-order valence-electron chi connectivity index (χ4n) is 0. The van der Waals surface area contributed by atoms with Crippen LogP contribution in [0.15, 0.2) is 0 Å². The first kappa shape index (κ1) is 23.3. The number of rotatable bonds is 0. The van der Waals surface area contributed by atoms with E-state index in [1.807, 2.05) is 0 Å². The van der Waals surface area contributed by atoms with E-state index in [-0.39, 0.29) is 19.5 Å². The average molecular weight is 119 g/mol. The van der Waals surface area contributed by atoms with Gasteiger partial charge in [-0.15, -0.1) is 0 Å². The molecule has 3 heteroatoms. The fraction of sp³-hybridized carbons (Fsp3) is 0. The fourth-order valence-corrected chi connectivity index (χ4v) is 0. The monoisotopic (exact) mass is 118 g/mol. The van der Waals surface area contributed by atoms with Gasteiger partial charge in [0.1, 0.15) is 0 Å². The molecule has 0 amide bonds. The van der Waals surface area contributed by atoms with Crippen LogP contribution in [0.3, 0.4) is 0 Å². The molecular formula is C2N2Zn. The van der Waals surface area contributed by atoms with Crippen molar-refractivity contribution in [3.63, 3.8) is 0 Å². The normalized spacial score (nSPS) is 0.800. The Hall–Kier alpha value is -0.397. The Morgan fingerprint density at radius 3 is 0.800 bits per heavy atom. The Balaban J connectivity index is -0.0000000133. The molecule has 0 bridgehead atoms. The van der Waals surface area contributed by atoms with Crippen molar-refractivity contribution in [2.45, 2.75) is 0 Å². The van der Waals surface area contributed by atoms with Crippen LogP contribution in [0.2, 0.25) is 0 Å². The molecule has 5 heavy (non-hydrogen) atoms. The minimum atomic E-state index is 0. The summed E-state index contributed by atoms with van der Waals surface area (Å²) in [5.41, 5.74) is 0. The summed E-state index contributed by atoms with van der Waals surface area (Å²) in [6.07, 6.45) is 0. The molecule has 0 spiro atoms. The molecule has 0 atom stereocenters. The van der Waals surface area contributed by atoms with Gasteiger partial charge in [-0.3, -0.25) is 0 Å². The molecule has 0 saturated heterocycles. The molecule has 0 heterocycles. The van der Waals surface area contributed by atoms with Gasteiger partial charge < -0.3 is 23.7 Å². The molecule has 0 aromatic heterocycles. The third-order valence-corrected chi connectivity index (χ3v) is 0. The topological polar surface area (TPSA) is 47.6 Å². The quantitative estimate of drug-likeness (QED) is 0.260. The van der Waals surface area contributed by atoms with E-state index in [0.29, 0.717) is 0 Å². The van der Waals surface area contributed by atoms with Gasteiger partial charge in [-0.2, -0.15) is 0 Å². The second-order valence-electron chi connectivity index (χ2n) is 0. The smallest absolute Gasteiger partial charge is 0.512 e. The number of hydrogen-bond donors (Lipinski definition) is 0. The SMILES string of the molecule is [13C-]#N.[13C-]#N.[Zn+2]. The van der Waals surface area contributed by atoms with E-state index >= 15 is 0 Å². The zero-order chi connectivity index (χ0) is 4.00. The molecule has 0 aromatic carbocycles. The second kappa shape index (κ2) is 155. The average Bonchev–Trinajstić information content (AvgIpc) is 1.50. The maximum atomic E-state index is 6.25.